The Morgan fingerprint density at radius 1 is 1.38 bits per heavy atom. The van der Waals surface area contributed by atoms with Crippen molar-refractivity contribution in [3.8, 4) is 0 Å². The van der Waals surface area contributed by atoms with Gasteiger partial charge >= 0.3 is 5.97 Å². The molecule has 0 bridgehead atoms. The van der Waals surface area contributed by atoms with Crippen molar-refractivity contribution in [2.24, 2.45) is 0 Å². The summed E-state index contributed by atoms with van der Waals surface area (Å²) in [7, 11) is 0. The molecule has 0 aromatic carbocycles. The summed E-state index contributed by atoms with van der Waals surface area (Å²) in [6, 6.07) is 0. The van der Waals surface area contributed by atoms with E-state index in [1.165, 1.54) is 5.57 Å². The van der Waals surface area contributed by atoms with Gasteiger partial charge in [0.25, 0.3) is 0 Å². The van der Waals surface area contributed by atoms with Gasteiger partial charge in [0.15, 0.2) is 0 Å². The van der Waals surface area contributed by atoms with Crippen molar-refractivity contribution in [1.82, 2.24) is 0 Å². The molecular weight excluding hydrogens is 164 g/mol. The molecule has 2 heteroatoms. The molecule has 0 aromatic heterocycles. The Kier molecular flexibility index (Phi) is 5.94. The van der Waals surface area contributed by atoms with Gasteiger partial charge in [-0.05, 0) is 26.2 Å². The molecule has 0 aliphatic rings. The van der Waals surface area contributed by atoms with Crippen LogP contribution in [0.2, 0.25) is 0 Å². The molecule has 0 saturated carbocycles. The molecule has 0 radical (unpaired) electrons. The van der Waals surface area contributed by atoms with Crippen LogP contribution in [0.3, 0.4) is 0 Å². The molecule has 74 valence electrons. The van der Waals surface area contributed by atoms with E-state index in [9.17, 15) is 4.79 Å². The molecule has 0 aromatic rings. The normalized spacial score (nSPS) is 9.38. The van der Waals surface area contributed by atoms with Crippen molar-refractivity contribution in [2.75, 3.05) is 6.61 Å². The molecule has 0 spiro atoms. The van der Waals surface area contributed by atoms with E-state index in [1.54, 1.807) is 6.92 Å². The molecule has 0 aliphatic carbocycles. The van der Waals surface area contributed by atoms with E-state index in [2.05, 4.69) is 20.1 Å². The van der Waals surface area contributed by atoms with Crippen molar-refractivity contribution in [2.45, 2.75) is 33.1 Å². The number of carbonyl (C=O) groups excluding carboxylic acids is 1. The summed E-state index contributed by atoms with van der Waals surface area (Å²) in [5.41, 5.74) is 1.65. The Morgan fingerprint density at radius 2 is 2.00 bits per heavy atom. The van der Waals surface area contributed by atoms with E-state index >= 15 is 0 Å². The molecule has 0 unspecified atom stereocenters. The van der Waals surface area contributed by atoms with Crippen LogP contribution in [0.1, 0.15) is 33.1 Å². The molecule has 0 N–H and O–H groups in total. The zero-order valence-electron chi connectivity index (χ0n) is 8.56. The summed E-state index contributed by atoms with van der Waals surface area (Å²) in [5, 5.41) is 0. The van der Waals surface area contributed by atoms with Crippen LogP contribution in [-0.4, -0.2) is 12.6 Å². The van der Waals surface area contributed by atoms with Gasteiger partial charge in [0, 0.05) is 5.57 Å². The number of hydrogen-bond acceptors (Lipinski definition) is 2. The summed E-state index contributed by atoms with van der Waals surface area (Å²) in [4.78, 5) is 10.9. The lowest BCUT2D eigenvalue weighted by Crippen LogP contribution is -2.06. The summed E-state index contributed by atoms with van der Waals surface area (Å²) in [5.74, 6) is -0.304. The number of allylic oxidation sites excluding steroid dienone is 1. The van der Waals surface area contributed by atoms with E-state index in [0.717, 1.165) is 19.3 Å². The Bertz CT molecular complexity index is 204. The highest BCUT2D eigenvalue weighted by Crippen LogP contribution is 2.06. The lowest BCUT2D eigenvalue weighted by Gasteiger charge is -2.04. The van der Waals surface area contributed by atoms with E-state index in [-0.39, 0.29) is 5.97 Å². The van der Waals surface area contributed by atoms with Crippen LogP contribution in [0.25, 0.3) is 0 Å². The highest BCUT2D eigenvalue weighted by atomic mass is 16.5. The van der Waals surface area contributed by atoms with Gasteiger partial charge in [-0.1, -0.05) is 25.7 Å². The van der Waals surface area contributed by atoms with E-state index in [4.69, 9.17) is 4.74 Å². The van der Waals surface area contributed by atoms with E-state index in [0.29, 0.717) is 12.2 Å². The van der Waals surface area contributed by atoms with Crippen LogP contribution in [0.15, 0.2) is 24.3 Å². The average molecular weight is 182 g/mol. The third kappa shape index (κ3) is 6.14. The van der Waals surface area contributed by atoms with Crippen LogP contribution < -0.4 is 0 Å². The zero-order valence-corrected chi connectivity index (χ0v) is 8.56. The Hall–Kier alpha value is -1.05. The second kappa shape index (κ2) is 6.46. The third-order valence-corrected chi connectivity index (χ3v) is 1.76. The number of carbonyl (C=O) groups is 1. The van der Waals surface area contributed by atoms with Gasteiger partial charge in [0.05, 0.1) is 6.61 Å². The van der Waals surface area contributed by atoms with Gasteiger partial charge in [-0.2, -0.15) is 0 Å². The highest BCUT2D eigenvalue weighted by molar-refractivity contribution is 5.86. The van der Waals surface area contributed by atoms with Gasteiger partial charge in [-0.25, -0.2) is 4.79 Å². The molecule has 0 aliphatic heterocycles. The maximum atomic E-state index is 10.9. The third-order valence-electron chi connectivity index (χ3n) is 1.76. The SMILES string of the molecule is C=C(CC)CCCOC(=O)C(=C)C. The molecule has 0 saturated heterocycles. The Morgan fingerprint density at radius 3 is 2.46 bits per heavy atom. The quantitative estimate of drug-likeness (QED) is 0.273. The molecule has 0 heterocycles. The predicted molar refractivity (Wildman–Crippen MR) is 54.4 cm³/mol. The molecule has 0 rings (SSSR count). The number of rotatable bonds is 6. The van der Waals surface area contributed by atoms with Crippen LogP contribution in [0.5, 0.6) is 0 Å². The largest absolute Gasteiger partial charge is 0.462 e. The first-order valence-corrected chi connectivity index (χ1v) is 4.57. The number of hydrogen-bond donors (Lipinski definition) is 0. The summed E-state index contributed by atoms with van der Waals surface area (Å²) >= 11 is 0. The fourth-order valence-electron chi connectivity index (χ4n) is 0.787. The van der Waals surface area contributed by atoms with Crippen LogP contribution in [-0.2, 0) is 9.53 Å². The summed E-state index contributed by atoms with van der Waals surface area (Å²) in [6.45, 7) is 11.5. The van der Waals surface area contributed by atoms with Gasteiger partial charge in [-0.3, -0.25) is 0 Å². The summed E-state index contributed by atoms with van der Waals surface area (Å²) in [6.07, 6.45) is 2.78. The molecule has 0 atom stereocenters. The minimum Gasteiger partial charge on any atom is -0.462 e. The predicted octanol–water partition coefficient (Wildman–Crippen LogP) is 2.85. The van der Waals surface area contributed by atoms with Crippen molar-refractivity contribution in [1.29, 1.82) is 0 Å². The van der Waals surface area contributed by atoms with E-state index in [1.807, 2.05) is 0 Å². The van der Waals surface area contributed by atoms with Gasteiger partial charge in [0.2, 0.25) is 0 Å². The standard InChI is InChI=1S/C11H18O2/c1-5-10(4)7-6-8-13-11(12)9(2)3/h2,4-8H2,1,3H3. The van der Waals surface area contributed by atoms with Crippen LogP contribution in [0.4, 0.5) is 0 Å². The van der Waals surface area contributed by atoms with Crippen molar-refractivity contribution < 1.29 is 9.53 Å². The molecular formula is C11H18O2. The van der Waals surface area contributed by atoms with Crippen LogP contribution >= 0.6 is 0 Å². The lowest BCUT2D eigenvalue weighted by molar-refractivity contribution is -0.139. The fourth-order valence-corrected chi connectivity index (χ4v) is 0.787. The number of ether oxygens (including phenoxy) is 1. The Labute approximate surface area is 80.3 Å². The van der Waals surface area contributed by atoms with Gasteiger partial charge in [0.1, 0.15) is 0 Å². The second-order valence-electron chi connectivity index (χ2n) is 3.12. The lowest BCUT2D eigenvalue weighted by atomic mass is 10.1. The first-order valence-electron chi connectivity index (χ1n) is 4.57. The topological polar surface area (TPSA) is 26.3 Å². The van der Waals surface area contributed by atoms with E-state index < -0.39 is 0 Å². The zero-order chi connectivity index (χ0) is 10.3. The minimum atomic E-state index is -0.304. The van der Waals surface area contributed by atoms with Crippen molar-refractivity contribution >= 4 is 5.97 Å². The smallest absolute Gasteiger partial charge is 0.333 e. The molecule has 0 fully saturated rings. The number of esters is 1. The second-order valence-corrected chi connectivity index (χ2v) is 3.12. The highest BCUT2D eigenvalue weighted by Gasteiger charge is 2.01. The van der Waals surface area contributed by atoms with Gasteiger partial charge < -0.3 is 4.74 Å². The maximum absolute atomic E-state index is 10.9. The minimum absolute atomic E-state index is 0.304. The van der Waals surface area contributed by atoms with Crippen molar-refractivity contribution in [3.05, 3.63) is 24.3 Å². The average Bonchev–Trinajstić information content (AvgIpc) is 2.11. The summed E-state index contributed by atoms with van der Waals surface area (Å²) < 4.78 is 4.92. The first kappa shape index (κ1) is 11.9. The first-order chi connectivity index (χ1) is 6.07. The van der Waals surface area contributed by atoms with Gasteiger partial charge in [-0.15, -0.1) is 0 Å². The fraction of sp³-hybridized carbons (Fsp3) is 0.545. The monoisotopic (exact) mass is 182 g/mol. The maximum Gasteiger partial charge on any atom is 0.333 e. The molecule has 0 amide bonds. The van der Waals surface area contributed by atoms with Crippen LogP contribution in [0, 0.1) is 0 Å². The molecule has 13 heavy (non-hydrogen) atoms. The Balaban J connectivity index is 3.41. The van der Waals surface area contributed by atoms with Crippen molar-refractivity contribution in [3.63, 3.8) is 0 Å². The molecule has 2 nitrogen and oxygen atoms in total.